The highest BCUT2D eigenvalue weighted by Crippen LogP contribution is 2.43. The molecule has 0 spiro atoms. The summed E-state index contributed by atoms with van der Waals surface area (Å²) in [6.45, 7) is 0.721. The predicted molar refractivity (Wildman–Crippen MR) is 149 cm³/mol. The van der Waals surface area contributed by atoms with E-state index in [1.807, 2.05) is 4.90 Å². The van der Waals surface area contributed by atoms with Gasteiger partial charge in [-0.05, 0) is 61.4 Å². The fourth-order valence-corrected chi connectivity index (χ4v) is 7.21. The number of benzene rings is 3. The van der Waals surface area contributed by atoms with Crippen molar-refractivity contribution in [2.24, 2.45) is 0 Å². The molecule has 2 atom stereocenters. The van der Waals surface area contributed by atoms with Crippen LogP contribution in [0.3, 0.4) is 0 Å². The molecule has 5 rings (SSSR count). The van der Waals surface area contributed by atoms with Crippen molar-refractivity contribution in [3.05, 3.63) is 82.6 Å². The second-order valence-corrected chi connectivity index (χ2v) is 12.4. The lowest BCUT2D eigenvalue weighted by Crippen LogP contribution is -2.44. The molecule has 0 radical (unpaired) electrons. The number of anilines is 2. The van der Waals surface area contributed by atoms with Crippen LogP contribution in [-0.4, -0.2) is 47.2 Å². The highest BCUT2D eigenvalue weighted by atomic mass is 35.5. The van der Waals surface area contributed by atoms with Gasteiger partial charge in [0.25, 0.3) is 10.0 Å². The van der Waals surface area contributed by atoms with Gasteiger partial charge in [0.15, 0.2) is 0 Å². The van der Waals surface area contributed by atoms with Crippen LogP contribution in [0.4, 0.5) is 28.9 Å². The van der Waals surface area contributed by atoms with Crippen LogP contribution >= 0.6 is 11.6 Å². The number of hydrogen-bond acceptors (Lipinski definition) is 6. The Morgan fingerprint density at radius 2 is 1.86 bits per heavy atom. The number of esters is 1. The van der Waals surface area contributed by atoms with E-state index in [4.69, 9.17) is 16.3 Å². The van der Waals surface area contributed by atoms with E-state index >= 15 is 0 Å². The Balaban J connectivity index is 1.49. The summed E-state index contributed by atoms with van der Waals surface area (Å²) in [4.78, 5) is 13.2. The van der Waals surface area contributed by atoms with Crippen molar-refractivity contribution >= 4 is 39.0 Å². The molecule has 7 nitrogen and oxygen atoms in total. The van der Waals surface area contributed by atoms with Gasteiger partial charge < -0.3 is 14.4 Å². The van der Waals surface area contributed by atoms with E-state index in [-0.39, 0.29) is 36.7 Å². The molecule has 2 aliphatic heterocycles. The molecule has 13 heteroatoms. The molecule has 0 amide bonds. The number of ether oxygens (including phenoxy) is 2. The minimum atomic E-state index is -4.74. The molecule has 2 heterocycles. The van der Waals surface area contributed by atoms with Gasteiger partial charge in [-0.25, -0.2) is 12.8 Å². The van der Waals surface area contributed by atoms with Crippen molar-refractivity contribution in [3.63, 3.8) is 0 Å². The Morgan fingerprint density at radius 1 is 1.10 bits per heavy atom. The molecule has 42 heavy (non-hydrogen) atoms. The van der Waals surface area contributed by atoms with E-state index in [1.165, 1.54) is 19.2 Å². The lowest BCUT2D eigenvalue weighted by Gasteiger charge is -2.36. The molecule has 0 saturated carbocycles. The summed E-state index contributed by atoms with van der Waals surface area (Å²) in [6.07, 6.45) is -4.81. The van der Waals surface area contributed by atoms with Crippen molar-refractivity contribution in [2.75, 3.05) is 35.9 Å². The quantitative estimate of drug-likeness (QED) is 0.223. The minimum absolute atomic E-state index is 0.0419. The van der Waals surface area contributed by atoms with Gasteiger partial charge in [-0.3, -0.25) is 9.10 Å². The smallest absolute Gasteiger partial charge is 0.416 e. The molecule has 224 valence electrons. The average molecular weight is 627 g/mol. The van der Waals surface area contributed by atoms with E-state index in [2.05, 4.69) is 4.74 Å². The van der Waals surface area contributed by atoms with Crippen LogP contribution in [0.1, 0.15) is 36.3 Å². The molecule has 2 aliphatic rings. The van der Waals surface area contributed by atoms with E-state index in [0.717, 1.165) is 22.5 Å². The van der Waals surface area contributed by atoms with Crippen LogP contribution in [0.25, 0.3) is 0 Å². The zero-order valence-corrected chi connectivity index (χ0v) is 24.0. The van der Waals surface area contributed by atoms with Gasteiger partial charge >= 0.3 is 12.1 Å². The first-order valence-corrected chi connectivity index (χ1v) is 15.0. The topological polar surface area (TPSA) is 76.2 Å². The first kappa shape index (κ1) is 30.0. The summed E-state index contributed by atoms with van der Waals surface area (Å²) in [5, 5.41) is 0.331. The molecule has 1 unspecified atom stereocenters. The standard InChI is InChI=1S/C29H27ClF4N2O5S/c1-40-27(37)11-9-21-17-36(42(38,39)22-5-2-4-19(14-22)29(32,33)34)25-15-20(8-10-26(25)41-21)35-13-12-18(16-35)28-23(30)6-3-7-24(28)31/h2-8,10,14-15,18,21H,9,11-13,16-17H2,1H3/t18?,21-/m0/s1. The Kier molecular flexibility index (Phi) is 8.30. The Hall–Kier alpha value is -3.51. The van der Waals surface area contributed by atoms with Gasteiger partial charge in [-0.2, -0.15) is 13.2 Å². The summed E-state index contributed by atoms with van der Waals surface area (Å²) in [5.41, 5.74) is 0.101. The largest absolute Gasteiger partial charge is 0.486 e. The number of sulfonamides is 1. The van der Waals surface area contributed by atoms with Crippen LogP contribution < -0.4 is 13.9 Å². The van der Waals surface area contributed by atoms with E-state index in [1.54, 1.807) is 24.3 Å². The summed E-state index contributed by atoms with van der Waals surface area (Å²) in [7, 11) is -3.26. The summed E-state index contributed by atoms with van der Waals surface area (Å²) in [5.74, 6) is -0.906. The van der Waals surface area contributed by atoms with Gasteiger partial charge in [0.1, 0.15) is 17.7 Å². The second kappa shape index (κ2) is 11.6. The molecule has 0 aliphatic carbocycles. The number of carbonyl (C=O) groups excluding carboxylic acids is 1. The van der Waals surface area contributed by atoms with Gasteiger partial charge in [0, 0.05) is 41.7 Å². The molecular formula is C29H27ClF4N2O5S. The van der Waals surface area contributed by atoms with Gasteiger partial charge in [-0.1, -0.05) is 23.7 Å². The van der Waals surface area contributed by atoms with Crippen molar-refractivity contribution in [2.45, 2.75) is 42.4 Å². The van der Waals surface area contributed by atoms with Crippen molar-refractivity contribution < 1.29 is 40.2 Å². The van der Waals surface area contributed by atoms with Crippen LogP contribution in [0.5, 0.6) is 5.75 Å². The number of alkyl halides is 3. The fourth-order valence-electron chi connectivity index (χ4n) is 5.35. The monoisotopic (exact) mass is 626 g/mol. The fraction of sp³-hybridized carbons (Fsp3) is 0.345. The highest BCUT2D eigenvalue weighted by molar-refractivity contribution is 7.92. The summed E-state index contributed by atoms with van der Waals surface area (Å²) >= 11 is 6.29. The first-order valence-electron chi connectivity index (χ1n) is 13.1. The number of methoxy groups -OCH3 is 1. The number of fused-ring (bicyclic) bond motifs is 1. The maximum Gasteiger partial charge on any atom is 0.416 e. The average Bonchev–Trinajstić information content (AvgIpc) is 3.44. The number of rotatable bonds is 7. The molecule has 1 saturated heterocycles. The molecular weight excluding hydrogens is 600 g/mol. The van der Waals surface area contributed by atoms with Crippen molar-refractivity contribution in [1.29, 1.82) is 0 Å². The Labute approximate surface area is 245 Å². The molecule has 3 aromatic carbocycles. The van der Waals surface area contributed by atoms with Crippen LogP contribution in [-0.2, 0) is 25.7 Å². The predicted octanol–water partition coefficient (Wildman–Crippen LogP) is 6.40. The third-order valence-corrected chi connectivity index (χ3v) is 9.59. The van der Waals surface area contributed by atoms with E-state index in [9.17, 15) is 30.8 Å². The molecule has 0 bridgehead atoms. The molecule has 0 N–H and O–H groups in total. The first-order chi connectivity index (χ1) is 19.9. The highest BCUT2D eigenvalue weighted by Gasteiger charge is 2.38. The number of halogens is 5. The van der Waals surface area contributed by atoms with Crippen molar-refractivity contribution in [3.8, 4) is 5.75 Å². The molecule has 0 aromatic heterocycles. The van der Waals surface area contributed by atoms with Crippen LogP contribution in [0.2, 0.25) is 5.02 Å². The second-order valence-electron chi connectivity index (χ2n) is 10.1. The van der Waals surface area contributed by atoms with Gasteiger partial charge in [0.05, 0.1) is 29.8 Å². The van der Waals surface area contributed by atoms with Crippen molar-refractivity contribution in [1.82, 2.24) is 0 Å². The summed E-state index contributed by atoms with van der Waals surface area (Å²) < 4.78 is 94.3. The Morgan fingerprint density at radius 3 is 2.57 bits per heavy atom. The van der Waals surface area contributed by atoms with Crippen LogP contribution in [0.15, 0.2) is 65.6 Å². The zero-order valence-electron chi connectivity index (χ0n) is 22.4. The molecule has 1 fully saturated rings. The minimum Gasteiger partial charge on any atom is -0.486 e. The zero-order chi connectivity index (χ0) is 30.2. The maximum absolute atomic E-state index is 14.6. The lowest BCUT2D eigenvalue weighted by molar-refractivity contribution is -0.141. The number of nitrogens with zero attached hydrogens (tertiary/aromatic N) is 2. The van der Waals surface area contributed by atoms with Gasteiger partial charge in [0.2, 0.25) is 0 Å². The SMILES string of the molecule is COC(=O)CC[C@H]1CN(S(=O)(=O)c2cccc(C(F)(F)F)c2)c2cc(N3CCC(c4c(F)cccc4Cl)C3)ccc2O1. The third kappa shape index (κ3) is 6.00. The molecule has 3 aromatic rings. The maximum atomic E-state index is 14.6. The van der Waals surface area contributed by atoms with E-state index in [0.29, 0.717) is 41.9 Å². The number of carbonyl (C=O) groups is 1. The van der Waals surface area contributed by atoms with E-state index < -0.39 is 44.5 Å². The Bertz CT molecular complexity index is 1580. The van der Waals surface area contributed by atoms with Crippen LogP contribution in [0, 0.1) is 5.82 Å². The normalized spacial score (nSPS) is 18.9. The summed E-state index contributed by atoms with van der Waals surface area (Å²) in [6, 6.07) is 13.0. The number of hydrogen-bond donors (Lipinski definition) is 0. The van der Waals surface area contributed by atoms with Gasteiger partial charge in [-0.15, -0.1) is 0 Å². The third-order valence-electron chi connectivity index (χ3n) is 7.48. The lowest BCUT2D eigenvalue weighted by atomic mass is 9.98.